The summed E-state index contributed by atoms with van der Waals surface area (Å²) in [6.45, 7) is 0. The highest BCUT2D eigenvalue weighted by molar-refractivity contribution is 7.98. The van der Waals surface area contributed by atoms with Gasteiger partial charge in [-0.25, -0.2) is 0 Å². The number of rotatable bonds is 2. The zero-order valence-corrected chi connectivity index (χ0v) is 11.3. The Morgan fingerprint density at radius 1 is 1.19 bits per heavy atom. The Morgan fingerprint density at radius 2 is 1.94 bits per heavy atom. The number of halogens is 3. The Labute approximate surface area is 112 Å². The fourth-order valence-corrected chi connectivity index (χ4v) is 2.97. The number of aromatic nitrogens is 2. The van der Waals surface area contributed by atoms with Crippen LogP contribution in [0.15, 0.2) is 23.2 Å². The number of nitrogens with one attached hydrogen (secondary N) is 1. The van der Waals surface area contributed by atoms with Crippen LogP contribution in [0.2, 0.25) is 15.1 Å². The lowest BCUT2D eigenvalue weighted by Crippen LogP contribution is -1.85. The van der Waals surface area contributed by atoms with Crippen LogP contribution in [-0.4, -0.2) is 16.5 Å². The number of hydrogen-bond donors (Lipinski definition) is 1. The minimum Gasteiger partial charge on any atom is -0.276 e. The van der Waals surface area contributed by atoms with Crippen LogP contribution in [-0.2, 0) is 0 Å². The highest BCUT2D eigenvalue weighted by atomic mass is 35.5. The summed E-state index contributed by atoms with van der Waals surface area (Å²) in [5, 5.41) is 8.45. The van der Waals surface area contributed by atoms with Gasteiger partial charge in [-0.3, -0.25) is 5.10 Å². The molecular weight excluding hydrogens is 287 g/mol. The van der Waals surface area contributed by atoms with E-state index in [2.05, 4.69) is 10.2 Å². The highest BCUT2D eigenvalue weighted by Crippen LogP contribution is 2.39. The van der Waals surface area contributed by atoms with Crippen molar-refractivity contribution in [3.8, 4) is 11.3 Å². The molecule has 0 saturated heterocycles. The zero-order valence-electron chi connectivity index (χ0n) is 8.22. The summed E-state index contributed by atoms with van der Waals surface area (Å²) in [6.07, 6.45) is 3.50. The van der Waals surface area contributed by atoms with Gasteiger partial charge in [0.2, 0.25) is 0 Å². The van der Waals surface area contributed by atoms with E-state index in [0.717, 1.165) is 16.2 Å². The molecule has 84 valence electrons. The molecule has 1 N–H and O–H groups in total. The summed E-state index contributed by atoms with van der Waals surface area (Å²) >= 11 is 19.7. The molecule has 2 aromatic rings. The molecule has 0 aliphatic rings. The molecule has 0 fully saturated rings. The van der Waals surface area contributed by atoms with E-state index in [1.54, 1.807) is 24.0 Å². The average molecular weight is 294 g/mol. The maximum atomic E-state index is 6.12. The van der Waals surface area contributed by atoms with Crippen molar-refractivity contribution in [1.29, 1.82) is 0 Å². The molecule has 1 aromatic heterocycles. The van der Waals surface area contributed by atoms with Gasteiger partial charge in [0.1, 0.15) is 0 Å². The lowest BCUT2D eigenvalue weighted by molar-refractivity contribution is 1.09. The third kappa shape index (κ3) is 2.18. The van der Waals surface area contributed by atoms with Gasteiger partial charge >= 0.3 is 0 Å². The van der Waals surface area contributed by atoms with Gasteiger partial charge in [-0.2, -0.15) is 5.10 Å². The predicted octanol–water partition coefficient (Wildman–Crippen LogP) is 4.76. The Bertz CT molecular complexity index is 525. The molecular formula is C10H7Cl3N2S. The van der Waals surface area contributed by atoms with Crippen molar-refractivity contribution in [2.75, 3.05) is 6.26 Å². The van der Waals surface area contributed by atoms with Crippen LogP contribution in [0.25, 0.3) is 11.3 Å². The molecule has 2 nitrogen and oxygen atoms in total. The molecule has 0 saturated carbocycles. The Balaban J connectivity index is 2.68. The molecule has 0 atom stereocenters. The highest BCUT2D eigenvalue weighted by Gasteiger charge is 2.14. The predicted molar refractivity (Wildman–Crippen MR) is 70.8 cm³/mol. The number of thioether (sulfide) groups is 1. The molecule has 16 heavy (non-hydrogen) atoms. The second kappa shape index (κ2) is 4.88. The Kier molecular flexibility index (Phi) is 3.70. The van der Waals surface area contributed by atoms with Crippen molar-refractivity contribution in [2.45, 2.75) is 4.90 Å². The van der Waals surface area contributed by atoms with Crippen molar-refractivity contribution in [3.63, 3.8) is 0 Å². The van der Waals surface area contributed by atoms with Crippen LogP contribution in [0, 0.1) is 0 Å². The molecule has 0 aliphatic heterocycles. The minimum atomic E-state index is 0.550. The third-order valence-electron chi connectivity index (χ3n) is 2.07. The molecule has 0 unspecified atom stereocenters. The number of H-pyrrole nitrogens is 1. The van der Waals surface area contributed by atoms with Gasteiger partial charge in [-0.15, -0.1) is 11.8 Å². The van der Waals surface area contributed by atoms with Crippen LogP contribution in [0.1, 0.15) is 0 Å². The summed E-state index contributed by atoms with van der Waals surface area (Å²) in [7, 11) is 0. The summed E-state index contributed by atoms with van der Waals surface area (Å²) in [5.41, 5.74) is 1.60. The van der Waals surface area contributed by atoms with E-state index < -0.39 is 0 Å². The molecule has 1 heterocycles. The number of hydrogen-bond acceptors (Lipinski definition) is 2. The summed E-state index contributed by atoms with van der Waals surface area (Å²) < 4.78 is 0. The fraction of sp³-hybridized carbons (Fsp3) is 0.100. The molecule has 6 heteroatoms. The smallest absolute Gasteiger partial charge is 0.0863 e. The van der Waals surface area contributed by atoms with Crippen LogP contribution in [0.5, 0.6) is 0 Å². The number of aromatic amines is 1. The first kappa shape index (κ1) is 12.1. The largest absolute Gasteiger partial charge is 0.276 e. The molecule has 0 aliphatic carbocycles. The normalized spacial score (nSPS) is 10.8. The van der Waals surface area contributed by atoms with Crippen molar-refractivity contribution >= 4 is 46.6 Å². The van der Waals surface area contributed by atoms with E-state index in [0.29, 0.717) is 15.1 Å². The van der Waals surface area contributed by atoms with Gasteiger partial charge in [0, 0.05) is 15.5 Å². The Hall–Kier alpha value is -0.350. The number of nitrogens with zero attached hydrogens (tertiary/aromatic N) is 1. The van der Waals surface area contributed by atoms with Crippen LogP contribution >= 0.6 is 46.6 Å². The fourth-order valence-electron chi connectivity index (χ4n) is 1.41. The quantitative estimate of drug-likeness (QED) is 0.809. The van der Waals surface area contributed by atoms with E-state index in [1.807, 2.05) is 12.3 Å². The molecule has 2 rings (SSSR count). The van der Waals surface area contributed by atoms with Crippen molar-refractivity contribution < 1.29 is 0 Å². The van der Waals surface area contributed by atoms with Gasteiger partial charge in [-0.05, 0) is 18.4 Å². The van der Waals surface area contributed by atoms with Crippen molar-refractivity contribution in [2.24, 2.45) is 0 Å². The lowest BCUT2D eigenvalue weighted by atomic mass is 10.1. The summed E-state index contributed by atoms with van der Waals surface area (Å²) in [6, 6.07) is 3.53. The summed E-state index contributed by atoms with van der Waals surface area (Å²) in [5.74, 6) is 0. The van der Waals surface area contributed by atoms with Gasteiger partial charge in [0.25, 0.3) is 0 Å². The van der Waals surface area contributed by atoms with Gasteiger partial charge in [0.15, 0.2) is 0 Å². The van der Waals surface area contributed by atoms with Crippen LogP contribution in [0.3, 0.4) is 0 Å². The van der Waals surface area contributed by atoms with Crippen LogP contribution in [0.4, 0.5) is 0 Å². The maximum absolute atomic E-state index is 6.12. The Morgan fingerprint density at radius 3 is 2.50 bits per heavy atom. The van der Waals surface area contributed by atoms with E-state index in [1.165, 1.54) is 0 Å². The summed E-state index contributed by atoms with van der Waals surface area (Å²) in [4.78, 5) is 0.928. The van der Waals surface area contributed by atoms with Crippen molar-refractivity contribution in [3.05, 3.63) is 33.4 Å². The second-order valence-electron chi connectivity index (χ2n) is 3.06. The van der Waals surface area contributed by atoms with Crippen molar-refractivity contribution in [1.82, 2.24) is 10.2 Å². The van der Waals surface area contributed by atoms with E-state index >= 15 is 0 Å². The minimum absolute atomic E-state index is 0.550. The topological polar surface area (TPSA) is 28.7 Å². The number of benzene rings is 1. The second-order valence-corrected chi connectivity index (χ2v) is 5.13. The first-order chi connectivity index (χ1) is 7.63. The van der Waals surface area contributed by atoms with E-state index in [9.17, 15) is 0 Å². The molecule has 1 aromatic carbocycles. The van der Waals surface area contributed by atoms with E-state index in [4.69, 9.17) is 34.8 Å². The first-order valence-corrected chi connectivity index (χ1v) is 6.71. The van der Waals surface area contributed by atoms with Gasteiger partial charge < -0.3 is 0 Å². The van der Waals surface area contributed by atoms with Gasteiger partial charge in [0.05, 0.1) is 21.9 Å². The SMILES string of the molecule is CSc1c(Cl)cc(Cl)cc1-c1[nH]ncc1Cl. The maximum Gasteiger partial charge on any atom is 0.0863 e. The third-order valence-corrected chi connectivity index (χ3v) is 3.84. The molecule has 0 radical (unpaired) electrons. The van der Waals surface area contributed by atoms with Crippen LogP contribution < -0.4 is 0 Å². The van der Waals surface area contributed by atoms with Gasteiger partial charge in [-0.1, -0.05) is 34.8 Å². The average Bonchev–Trinajstić information content (AvgIpc) is 2.63. The monoisotopic (exact) mass is 292 g/mol. The first-order valence-electron chi connectivity index (χ1n) is 4.35. The molecule has 0 spiro atoms. The molecule has 0 amide bonds. The standard InChI is InChI=1S/C10H7Cl3N2S/c1-16-10-6(2-5(11)3-7(10)12)9-8(13)4-14-15-9/h2-4H,1H3,(H,14,15). The molecule has 0 bridgehead atoms. The zero-order chi connectivity index (χ0) is 11.7. The lowest BCUT2D eigenvalue weighted by Gasteiger charge is -2.08. The van der Waals surface area contributed by atoms with E-state index in [-0.39, 0.29) is 0 Å².